The van der Waals surface area contributed by atoms with E-state index in [0.717, 1.165) is 42.8 Å². The number of benzene rings is 2. The molecule has 1 aliphatic rings. The first kappa shape index (κ1) is 26.2. The molecule has 1 fully saturated rings. The number of aromatic nitrogens is 2. The molecule has 1 atom stereocenters. The van der Waals surface area contributed by atoms with Gasteiger partial charge in [-0.1, -0.05) is 44.7 Å². The molecule has 0 aliphatic carbocycles. The Balaban J connectivity index is 0.00000156. The van der Waals surface area contributed by atoms with Crippen LogP contribution in [0.2, 0.25) is 0 Å². The van der Waals surface area contributed by atoms with Crippen molar-refractivity contribution in [1.82, 2.24) is 14.9 Å². The molecule has 37 heavy (non-hydrogen) atoms. The number of hydrogen-bond acceptors (Lipinski definition) is 6. The molecule has 1 aliphatic heterocycles. The summed E-state index contributed by atoms with van der Waals surface area (Å²) < 4.78 is 11.6. The van der Waals surface area contributed by atoms with Crippen molar-refractivity contribution in [3.63, 3.8) is 0 Å². The zero-order valence-corrected chi connectivity index (χ0v) is 21.8. The molecule has 0 bridgehead atoms. The lowest BCUT2D eigenvalue weighted by Gasteiger charge is -2.19. The van der Waals surface area contributed by atoms with E-state index >= 15 is 0 Å². The lowest BCUT2D eigenvalue weighted by atomic mass is 10.1. The summed E-state index contributed by atoms with van der Waals surface area (Å²) in [5.74, 6) is 1.46. The smallest absolute Gasteiger partial charge is 0.122 e. The Morgan fingerprint density at radius 3 is 2.73 bits per heavy atom. The number of hydrogen-bond donors (Lipinski definition) is 1. The third kappa shape index (κ3) is 7.30. The van der Waals surface area contributed by atoms with Gasteiger partial charge in [-0.15, -0.1) is 0 Å². The molecule has 2 aromatic carbocycles. The molecule has 6 nitrogen and oxygen atoms in total. The van der Waals surface area contributed by atoms with Crippen LogP contribution in [-0.4, -0.2) is 47.2 Å². The molecule has 1 N–H and O–H groups in total. The number of ether oxygens (including phenoxy) is 2. The lowest BCUT2D eigenvalue weighted by molar-refractivity contribution is 0.195. The minimum atomic E-state index is 0.429. The van der Waals surface area contributed by atoms with Crippen LogP contribution in [0.15, 0.2) is 92.0 Å². The van der Waals surface area contributed by atoms with Crippen LogP contribution >= 0.6 is 0 Å². The van der Waals surface area contributed by atoms with Crippen molar-refractivity contribution in [1.29, 1.82) is 0 Å². The molecular formula is C31H36N4O2. The van der Waals surface area contributed by atoms with Crippen molar-refractivity contribution < 1.29 is 9.47 Å². The molecule has 0 saturated carbocycles. The van der Waals surface area contributed by atoms with Gasteiger partial charge in [0.15, 0.2) is 0 Å². The van der Waals surface area contributed by atoms with E-state index in [2.05, 4.69) is 69.2 Å². The van der Waals surface area contributed by atoms with Crippen LogP contribution in [-0.2, 0) is 11.3 Å². The normalized spacial score (nSPS) is 15.0. The summed E-state index contributed by atoms with van der Waals surface area (Å²) in [5, 5.41) is 6.13. The number of anilines is 1. The van der Waals surface area contributed by atoms with Crippen molar-refractivity contribution in [2.45, 2.75) is 32.9 Å². The Hall–Kier alpha value is -3.90. The molecule has 5 rings (SSSR count). The highest BCUT2D eigenvalue weighted by Gasteiger charge is 2.22. The maximum Gasteiger partial charge on any atom is 0.122 e. The van der Waals surface area contributed by atoms with Gasteiger partial charge >= 0.3 is 0 Å². The summed E-state index contributed by atoms with van der Waals surface area (Å²) in [6.07, 6.45) is 8.36. The van der Waals surface area contributed by atoms with E-state index in [-0.39, 0.29) is 0 Å². The fraction of sp³-hybridized carbons (Fsp3) is 0.290. The largest absolute Gasteiger partial charge is 0.490 e. The highest BCUT2D eigenvalue weighted by atomic mass is 16.5. The number of pyridine rings is 2. The van der Waals surface area contributed by atoms with Crippen LogP contribution < -0.4 is 10.1 Å². The second-order valence-electron chi connectivity index (χ2n) is 8.78. The highest BCUT2D eigenvalue weighted by molar-refractivity contribution is 5.93. The van der Waals surface area contributed by atoms with Gasteiger partial charge in [-0.25, -0.2) is 0 Å². The van der Waals surface area contributed by atoms with Crippen LogP contribution in [0, 0.1) is 0 Å². The molecule has 0 spiro atoms. The van der Waals surface area contributed by atoms with Crippen molar-refractivity contribution in [3.8, 4) is 5.75 Å². The van der Waals surface area contributed by atoms with E-state index in [4.69, 9.17) is 9.47 Å². The Labute approximate surface area is 220 Å². The molecule has 1 saturated heterocycles. The molecule has 4 aromatic rings. The van der Waals surface area contributed by atoms with E-state index in [1.807, 2.05) is 44.4 Å². The summed E-state index contributed by atoms with van der Waals surface area (Å²) in [6, 6.07) is 21.0. The zero-order chi connectivity index (χ0) is 25.9. The Kier molecular flexibility index (Phi) is 9.49. The van der Waals surface area contributed by atoms with Crippen LogP contribution in [0.1, 0.15) is 31.4 Å². The zero-order valence-electron chi connectivity index (χ0n) is 21.8. The van der Waals surface area contributed by atoms with Gasteiger partial charge in [-0.3, -0.25) is 14.9 Å². The molecule has 3 heterocycles. The first-order chi connectivity index (χ1) is 18.2. The third-order valence-electron chi connectivity index (χ3n) is 6.23. The van der Waals surface area contributed by atoms with Crippen LogP contribution in [0.3, 0.4) is 0 Å². The number of likely N-dealkylation sites (tertiary alicyclic amines) is 1. The average Bonchev–Trinajstić information content (AvgIpc) is 3.39. The second-order valence-corrected chi connectivity index (χ2v) is 8.78. The average molecular weight is 497 g/mol. The summed E-state index contributed by atoms with van der Waals surface area (Å²) in [6.45, 7) is 11.8. The molecule has 0 radical (unpaired) electrons. The highest BCUT2D eigenvalue weighted by Crippen LogP contribution is 2.25. The monoisotopic (exact) mass is 496 g/mol. The first-order valence-electron chi connectivity index (χ1n) is 13.0. The lowest BCUT2D eigenvalue weighted by Crippen LogP contribution is -2.26. The maximum absolute atomic E-state index is 5.92. The van der Waals surface area contributed by atoms with Crippen LogP contribution in [0.25, 0.3) is 16.5 Å². The van der Waals surface area contributed by atoms with Gasteiger partial charge in [-0.05, 0) is 48.4 Å². The SMILES string of the molecule is C=C(OCCOc1cccc(CN2CC[C@H](Nc3cccc4cnccc34)C2)c1)c1cccnc1.CC. The minimum Gasteiger partial charge on any atom is -0.490 e. The van der Waals surface area contributed by atoms with Gasteiger partial charge in [-0.2, -0.15) is 0 Å². The van der Waals surface area contributed by atoms with Crippen molar-refractivity contribution in [3.05, 3.63) is 103 Å². The van der Waals surface area contributed by atoms with E-state index in [9.17, 15) is 0 Å². The van der Waals surface area contributed by atoms with Gasteiger partial charge < -0.3 is 14.8 Å². The van der Waals surface area contributed by atoms with E-state index < -0.39 is 0 Å². The Morgan fingerprint density at radius 1 is 1.00 bits per heavy atom. The predicted molar refractivity (Wildman–Crippen MR) is 152 cm³/mol. The van der Waals surface area contributed by atoms with Crippen LogP contribution in [0.4, 0.5) is 5.69 Å². The first-order valence-corrected chi connectivity index (χ1v) is 13.0. The summed E-state index contributed by atoms with van der Waals surface area (Å²) in [7, 11) is 0. The van der Waals surface area contributed by atoms with Crippen molar-refractivity contribution >= 4 is 22.2 Å². The number of nitrogens with one attached hydrogen (secondary N) is 1. The van der Waals surface area contributed by atoms with Gasteiger partial charge in [0.1, 0.15) is 24.7 Å². The molecule has 192 valence electrons. The molecule has 0 unspecified atom stereocenters. The van der Waals surface area contributed by atoms with E-state index in [0.29, 0.717) is 25.0 Å². The van der Waals surface area contributed by atoms with Gasteiger partial charge in [0.2, 0.25) is 0 Å². The maximum atomic E-state index is 5.92. The predicted octanol–water partition coefficient (Wildman–Crippen LogP) is 6.41. The number of fused-ring (bicyclic) bond motifs is 1. The molecule has 2 aromatic heterocycles. The third-order valence-corrected chi connectivity index (χ3v) is 6.23. The second kappa shape index (κ2) is 13.4. The number of nitrogens with zero attached hydrogens (tertiary/aromatic N) is 3. The molecular weight excluding hydrogens is 460 g/mol. The summed E-state index contributed by atoms with van der Waals surface area (Å²) in [5.41, 5.74) is 3.31. The Bertz CT molecular complexity index is 1270. The standard InChI is InChI=1S/C29H30N4O2.C2H6/c1-22(24-7-4-12-30-18-24)34-15-16-35-27-8-2-5-23(17-27)20-33-14-11-26(21-33)32-29-9-3-6-25-19-31-13-10-28(25)29;1-2/h2-10,12-13,17-19,26,32H,1,11,14-16,20-21H2;1-2H3/t26-;/m0./s1. The van der Waals surface area contributed by atoms with E-state index in [1.165, 1.54) is 16.6 Å². The Morgan fingerprint density at radius 2 is 1.86 bits per heavy atom. The fourth-order valence-electron chi connectivity index (χ4n) is 4.49. The summed E-state index contributed by atoms with van der Waals surface area (Å²) >= 11 is 0. The van der Waals surface area contributed by atoms with Crippen LogP contribution in [0.5, 0.6) is 5.75 Å². The van der Waals surface area contributed by atoms with Gasteiger partial charge in [0, 0.05) is 72.5 Å². The van der Waals surface area contributed by atoms with Gasteiger partial charge in [0.25, 0.3) is 0 Å². The quantitative estimate of drug-likeness (QED) is 0.202. The summed E-state index contributed by atoms with van der Waals surface area (Å²) in [4.78, 5) is 10.8. The number of rotatable bonds is 10. The topological polar surface area (TPSA) is 59.5 Å². The minimum absolute atomic E-state index is 0.429. The van der Waals surface area contributed by atoms with Crippen molar-refractivity contribution in [2.75, 3.05) is 31.6 Å². The van der Waals surface area contributed by atoms with E-state index in [1.54, 1.807) is 12.4 Å². The fourth-order valence-corrected chi connectivity index (χ4v) is 4.49. The molecule has 0 amide bonds. The van der Waals surface area contributed by atoms with Gasteiger partial charge in [0.05, 0.1) is 0 Å². The molecule has 6 heteroatoms. The van der Waals surface area contributed by atoms with Crippen molar-refractivity contribution in [2.24, 2.45) is 0 Å².